The normalized spacial score (nSPS) is 15.9. The smallest absolute Gasteiger partial charge is 0.328 e. The van der Waals surface area contributed by atoms with E-state index in [1.165, 1.54) is 0 Å². The Morgan fingerprint density at radius 1 is 1.22 bits per heavy atom. The lowest BCUT2D eigenvalue weighted by Crippen LogP contribution is -2.37. The third-order valence-electron chi connectivity index (χ3n) is 6.19. The standard InChI is InChI=1S/C26H26N6O4/c1-14-9-16(23-28-12-20(31-23)26(35)36)11-19-22(14)32-24(30-19)21-18(7-8-27-25(21)34)29-17(13-33)10-15-5-3-2-4-6-15/h2-9,11,17,20,33H,10,12-13H2,1H3,(H,28,31)(H,30,32)(H,35,36)(H2,27,29,34). The van der Waals surface area contributed by atoms with E-state index in [1.54, 1.807) is 12.3 Å². The first-order valence-electron chi connectivity index (χ1n) is 11.6. The van der Waals surface area contributed by atoms with Gasteiger partial charge in [-0.25, -0.2) is 9.78 Å². The first-order chi connectivity index (χ1) is 17.4. The number of hydrogen-bond donors (Lipinski definition) is 6. The van der Waals surface area contributed by atoms with Crippen LogP contribution in [-0.2, 0) is 11.2 Å². The number of H-pyrrole nitrogens is 2. The molecular formula is C26H26N6O4. The third-order valence-corrected chi connectivity index (χ3v) is 6.19. The number of aromatic amines is 2. The topological polar surface area (TPSA) is 155 Å². The third kappa shape index (κ3) is 4.58. The number of anilines is 1. The minimum Gasteiger partial charge on any atom is -0.480 e. The Balaban J connectivity index is 1.48. The second kappa shape index (κ2) is 9.67. The van der Waals surface area contributed by atoms with Crippen molar-refractivity contribution >= 4 is 28.5 Å². The number of amidine groups is 1. The zero-order chi connectivity index (χ0) is 25.2. The number of aryl methyl sites for hydroxylation is 1. The molecule has 10 nitrogen and oxygen atoms in total. The Bertz CT molecular complexity index is 1510. The zero-order valence-electron chi connectivity index (χ0n) is 19.6. The summed E-state index contributed by atoms with van der Waals surface area (Å²) in [7, 11) is 0. The van der Waals surface area contributed by atoms with Crippen molar-refractivity contribution in [1.82, 2.24) is 20.3 Å². The summed E-state index contributed by atoms with van der Waals surface area (Å²) in [5.41, 5.74) is 4.62. The fourth-order valence-electron chi connectivity index (χ4n) is 4.41. The highest BCUT2D eigenvalue weighted by atomic mass is 16.4. The van der Waals surface area contributed by atoms with E-state index in [2.05, 4.69) is 25.6 Å². The van der Waals surface area contributed by atoms with E-state index in [9.17, 15) is 19.8 Å². The van der Waals surface area contributed by atoms with E-state index < -0.39 is 12.0 Å². The van der Waals surface area contributed by atoms with Crippen LogP contribution in [0, 0.1) is 6.92 Å². The average molecular weight is 487 g/mol. The number of nitrogens with one attached hydrogen (secondary N) is 4. The molecule has 184 valence electrons. The molecule has 0 amide bonds. The number of imidazole rings is 1. The van der Waals surface area contributed by atoms with Crippen molar-refractivity contribution in [2.45, 2.75) is 25.4 Å². The predicted octanol–water partition coefficient (Wildman–Crippen LogP) is 2.05. The minimum absolute atomic E-state index is 0.115. The Labute approximate surface area is 206 Å². The summed E-state index contributed by atoms with van der Waals surface area (Å²) in [6.07, 6.45) is 2.14. The minimum atomic E-state index is -0.952. The second-order valence-electron chi connectivity index (χ2n) is 8.81. The molecule has 2 aromatic carbocycles. The molecule has 0 aliphatic carbocycles. The number of hydrogen-bond acceptors (Lipinski definition) is 7. The fraction of sp³-hybridized carbons (Fsp3) is 0.231. The molecule has 10 heteroatoms. The van der Waals surface area contributed by atoms with E-state index in [4.69, 9.17) is 4.98 Å². The molecule has 2 unspecified atom stereocenters. The summed E-state index contributed by atoms with van der Waals surface area (Å²) >= 11 is 0. The SMILES string of the molecule is Cc1cc(C2=NCC(C(=O)O)N2)cc2[nH]c(-c3c(NC(CO)Cc4ccccc4)cc[nH]c3=O)nc12. The van der Waals surface area contributed by atoms with Crippen LogP contribution in [0.1, 0.15) is 16.7 Å². The van der Waals surface area contributed by atoms with Crippen molar-refractivity contribution < 1.29 is 15.0 Å². The van der Waals surface area contributed by atoms with E-state index in [0.717, 1.165) is 16.7 Å². The maximum Gasteiger partial charge on any atom is 0.328 e. The van der Waals surface area contributed by atoms with Crippen LogP contribution in [0.5, 0.6) is 0 Å². The van der Waals surface area contributed by atoms with Gasteiger partial charge in [0.25, 0.3) is 5.56 Å². The quantitative estimate of drug-likeness (QED) is 0.223. The number of rotatable bonds is 8. The molecule has 3 heterocycles. The van der Waals surface area contributed by atoms with Crippen molar-refractivity contribution in [2.75, 3.05) is 18.5 Å². The number of pyridine rings is 1. The van der Waals surface area contributed by atoms with Gasteiger partial charge in [-0.2, -0.15) is 0 Å². The molecule has 6 N–H and O–H groups in total. The number of carbonyl (C=O) groups is 1. The molecule has 0 bridgehead atoms. The lowest BCUT2D eigenvalue weighted by atomic mass is 10.1. The maximum absolute atomic E-state index is 12.9. The monoisotopic (exact) mass is 486 g/mol. The van der Waals surface area contributed by atoms with Crippen LogP contribution in [0.15, 0.2) is 64.5 Å². The van der Waals surface area contributed by atoms with Gasteiger partial charge in [-0.05, 0) is 42.7 Å². The molecule has 0 spiro atoms. The summed E-state index contributed by atoms with van der Waals surface area (Å²) in [4.78, 5) is 39.2. The Morgan fingerprint density at radius 3 is 2.75 bits per heavy atom. The first kappa shape index (κ1) is 23.3. The van der Waals surface area contributed by atoms with Crippen LogP contribution < -0.4 is 16.2 Å². The van der Waals surface area contributed by atoms with Gasteiger partial charge < -0.3 is 30.8 Å². The largest absolute Gasteiger partial charge is 0.480 e. The lowest BCUT2D eigenvalue weighted by molar-refractivity contribution is -0.138. The molecule has 36 heavy (non-hydrogen) atoms. The summed E-state index contributed by atoms with van der Waals surface area (Å²) in [5, 5.41) is 25.5. The van der Waals surface area contributed by atoms with E-state index in [1.807, 2.05) is 49.4 Å². The number of carboxylic acids is 1. The lowest BCUT2D eigenvalue weighted by Gasteiger charge is -2.19. The van der Waals surface area contributed by atoms with Crippen molar-refractivity contribution in [2.24, 2.45) is 4.99 Å². The highest BCUT2D eigenvalue weighted by molar-refractivity contribution is 6.05. The molecule has 1 aliphatic heterocycles. The molecule has 0 fully saturated rings. The summed E-state index contributed by atoms with van der Waals surface area (Å²) in [6, 6.07) is 14.2. The molecule has 0 radical (unpaired) electrons. The van der Waals surface area contributed by atoms with Crippen LogP contribution in [-0.4, -0.2) is 62.2 Å². The van der Waals surface area contributed by atoms with Gasteiger partial charge in [0.05, 0.1) is 35.9 Å². The number of fused-ring (bicyclic) bond motifs is 1. The highest BCUT2D eigenvalue weighted by Gasteiger charge is 2.25. The second-order valence-corrected chi connectivity index (χ2v) is 8.81. The average Bonchev–Trinajstić information content (AvgIpc) is 3.52. The van der Waals surface area contributed by atoms with Gasteiger partial charge >= 0.3 is 5.97 Å². The molecule has 1 aliphatic rings. The Hall–Kier alpha value is -4.44. The fourth-order valence-corrected chi connectivity index (χ4v) is 4.41. The summed E-state index contributed by atoms with van der Waals surface area (Å²) in [6.45, 7) is 1.95. The summed E-state index contributed by atoms with van der Waals surface area (Å²) < 4.78 is 0. The molecule has 0 saturated carbocycles. The number of aliphatic carboxylic acids is 1. The number of carboxylic acid groups (broad SMARTS) is 1. The molecule has 2 atom stereocenters. The van der Waals surface area contributed by atoms with E-state index in [-0.39, 0.29) is 24.8 Å². The number of aliphatic hydroxyl groups is 1. The van der Waals surface area contributed by atoms with Gasteiger partial charge in [0.2, 0.25) is 0 Å². The van der Waals surface area contributed by atoms with Gasteiger partial charge in [0.15, 0.2) is 0 Å². The molecule has 0 saturated heterocycles. The van der Waals surface area contributed by atoms with Crippen LogP contribution in [0.4, 0.5) is 5.69 Å². The van der Waals surface area contributed by atoms with Crippen molar-refractivity contribution in [3.05, 3.63) is 81.8 Å². The van der Waals surface area contributed by atoms with Crippen molar-refractivity contribution in [1.29, 1.82) is 0 Å². The Morgan fingerprint density at radius 2 is 2.03 bits per heavy atom. The number of aliphatic hydroxyl groups excluding tert-OH is 1. The number of benzene rings is 2. The van der Waals surface area contributed by atoms with Crippen LogP contribution in [0.25, 0.3) is 22.4 Å². The van der Waals surface area contributed by atoms with E-state index in [0.29, 0.717) is 40.4 Å². The van der Waals surface area contributed by atoms with Gasteiger partial charge in [0.1, 0.15) is 23.3 Å². The number of aromatic nitrogens is 3. The number of aliphatic imine (C=N–C) groups is 1. The van der Waals surface area contributed by atoms with Crippen molar-refractivity contribution in [3.8, 4) is 11.4 Å². The van der Waals surface area contributed by atoms with Crippen LogP contribution in [0.2, 0.25) is 0 Å². The first-order valence-corrected chi connectivity index (χ1v) is 11.6. The Kier molecular flexibility index (Phi) is 6.26. The summed E-state index contributed by atoms with van der Waals surface area (Å²) in [5.74, 6) is -0.0574. The molecular weight excluding hydrogens is 460 g/mol. The predicted molar refractivity (Wildman–Crippen MR) is 137 cm³/mol. The van der Waals surface area contributed by atoms with Crippen molar-refractivity contribution in [3.63, 3.8) is 0 Å². The molecule has 4 aromatic rings. The molecule has 2 aromatic heterocycles. The van der Waals surface area contributed by atoms with E-state index >= 15 is 0 Å². The van der Waals surface area contributed by atoms with Gasteiger partial charge in [-0.3, -0.25) is 9.79 Å². The van der Waals surface area contributed by atoms with Gasteiger partial charge in [-0.1, -0.05) is 30.3 Å². The van der Waals surface area contributed by atoms with Gasteiger partial charge in [0, 0.05) is 11.8 Å². The van der Waals surface area contributed by atoms with Crippen LogP contribution in [0.3, 0.4) is 0 Å². The van der Waals surface area contributed by atoms with Gasteiger partial charge in [-0.15, -0.1) is 0 Å². The molecule has 5 rings (SSSR count). The number of nitrogens with zero attached hydrogens (tertiary/aromatic N) is 2. The maximum atomic E-state index is 12.9. The van der Waals surface area contributed by atoms with Crippen LogP contribution >= 0.6 is 0 Å². The zero-order valence-corrected chi connectivity index (χ0v) is 19.6. The highest BCUT2D eigenvalue weighted by Crippen LogP contribution is 2.27.